The lowest BCUT2D eigenvalue weighted by molar-refractivity contribution is 0.328. The van der Waals surface area contributed by atoms with Crippen molar-refractivity contribution in [3.63, 3.8) is 0 Å². The fourth-order valence-electron chi connectivity index (χ4n) is 5.44. The van der Waals surface area contributed by atoms with Gasteiger partial charge in [0.15, 0.2) is 17.0 Å². The number of benzene rings is 1. The highest BCUT2D eigenvalue weighted by Gasteiger charge is 2.39. The first kappa shape index (κ1) is 34.1. The second-order valence-corrected chi connectivity index (χ2v) is 11.2. The topological polar surface area (TPSA) is 67.7 Å². The van der Waals surface area contributed by atoms with Crippen molar-refractivity contribution in [2.24, 2.45) is 23.7 Å². The highest BCUT2D eigenvalue weighted by molar-refractivity contribution is 6.15. The zero-order valence-corrected chi connectivity index (χ0v) is 27.0. The number of nitrogens with one attached hydrogen (secondary N) is 2. The molecular weight excluding hydrogens is 528 g/mol. The minimum atomic E-state index is 0.402. The lowest BCUT2D eigenvalue weighted by Crippen LogP contribution is -2.18. The van der Waals surface area contributed by atoms with Crippen LogP contribution in [-0.2, 0) is 0 Å². The summed E-state index contributed by atoms with van der Waals surface area (Å²) in [4.78, 5) is 13.6. The maximum atomic E-state index is 4.64. The first-order chi connectivity index (χ1) is 19.7. The van der Waals surface area contributed by atoms with Gasteiger partial charge in [-0.15, -0.1) is 11.6 Å². The summed E-state index contributed by atoms with van der Waals surface area (Å²) in [5.41, 5.74) is 4.35. The summed E-state index contributed by atoms with van der Waals surface area (Å²) in [5, 5.41) is 6.37. The average Bonchev–Trinajstić information content (AvgIpc) is 3.51. The zero-order chi connectivity index (χ0) is 30.4. The lowest BCUT2D eigenvalue weighted by Gasteiger charge is -2.20. The number of hydrogen-bond acceptors (Lipinski definition) is 5. The minimum absolute atomic E-state index is 0.402. The number of imidazole rings is 1. The highest BCUT2D eigenvalue weighted by Crippen LogP contribution is 2.47. The van der Waals surface area contributed by atoms with Crippen LogP contribution in [0.1, 0.15) is 78.8 Å². The Morgan fingerprint density at radius 2 is 1.78 bits per heavy atom. The molecule has 0 aliphatic heterocycles. The summed E-state index contributed by atoms with van der Waals surface area (Å²) >= 11 is 4.64. The van der Waals surface area contributed by atoms with Crippen molar-refractivity contribution in [2.45, 2.75) is 73.3 Å². The van der Waals surface area contributed by atoms with Crippen molar-refractivity contribution in [3.8, 4) is 0 Å². The molecule has 0 radical (unpaired) electrons. The van der Waals surface area contributed by atoms with Crippen LogP contribution in [-0.4, -0.2) is 32.4 Å². The van der Waals surface area contributed by atoms with Gasteiger partial charge in [0.1, 0.15) is 6.33 Å². The van der Waals surface area contributed by atoms with Crippen LogP contribution in [0.4, 0.5) is 5.82 Å². The number of alkyl halides is 1. The van der Waals surface area contributed by atoms with Crippen LogP contribution in [0, 0.1) is 23.7 Å². The Hall–Kier alpha value is -3.12. The monoisotopic (exact) mass is 578 g/mol. The molecule has 4 rings (SSSR count). The lowest BCUT2D eigenvalue weighted by atomic mass is 9.87. The molecule has 0 bridgehead atoms. The van der Waals surface area contributed by atoms with E-state index in [1.54, 1.807) is 6.33 Å². The van der Waals surface area contributed by atoms with Gasteiger partial charge in [0.05, 0.1) is 12.1 Å². The molecular formula is C34H51ClN6. The molecule has 0 saturated heterocycles. The molecule has 4 unspecified atom stereocenters. The van der Waals surface area contributed by atoms with Crippen LogP contribution in [0.15, 0.2) is 73.6 Å². The van der Waals surface area contributed by atoms with Gasteiger partial charge in [0, 0.05) is 19.0 Å². The van der Waals surface area contributed by atoms with Crippen molar-refractivity contribution < 1.29 is 0 Å². The summed E-state index contributed by atoms with van der Waals surface area (Å²) in [6.07, 6.45) is 14.0. The normalized spacial score (nSPS) is 19.8. The molecule has 1 aliphatic rings. The molecule has 0 amide bonds. The molecule has 4 atom stereocenters. The summed E-state index contributed by atoms with van der Waals surface area (Å²) in [6, 6.07) is 10.8. The predicted molar refractivity (Wildman–Crippen MR) is 178 cm³/mol. The van der Waals surface area contributed by atoms with Crippen molar-refractivity contribution in [3.05, 3.63) is 79.2 Å². The van der Waals surface area contributed by atoms with E-state index in [0.717, 1.165) is 42.8 Å². The van der Waals surface area contributed by atoms with E-state index in [-0.39, 0.29) is 0 Å². The second-order valence-electron chi connectivity index (χ2n) is 11.2. The van der Waals surface area contributed by atoms with E-state index >= 15 is 0 Å². The number of halogens is 1. The van der Waals surface area contributed by atoms with Gasteiger partial charge in [-0.05, 0) is 55.4 Å². The molecule has 7 heteroatoms. The van der Waals surface area contributed by atoms with Gasteiger partial charge in [-0.1, -0.05) is 102 Å². The molecule has 41 heavy (non-hydrogen) atoms. The molecule has 2 N–H and O–H groups in total. The number of aromatic nitrogens is 4. The smallest absolute Gasteiger partial charge is 0.165 e. The number of hydrogen-bond donors (Lipinski definition) is 2. The van der Waals surface area contributed by atoms with Gasteiger partial charge in [-0.25, -0.2) is 15.0 Å². The predicted octanol–water partition coefficient (Wildman–Crippen LogP) is 9.11. The van der Waals surface area contributed by atoms with E-state index in [0.29, 0.717) is 35.5 Å². The van der Waals surface area contributed by atoms with Crippen LogP contribution in [0.3, 0.4) is 0 Å². The molecule has 1 aliphatic carbocycles. The summed E-state index contributed by atoms with van der Waals surface area (Å²) in [7, 11) is 0. The van der Waals surface area contributed by atoms with E-state index in [4.69, 9.17) is 0 Å². The largest absolute Gasteiger partial charge is 0.372 e. The van der Waals surface area contributed by atoms with Crippen molar-refractivity contribution in [1.29, 1.82) is 0 Å². The third kappa shape index (κ3) is 10.0. The summed E-state index contributed by atoms with van der Waals surface area (Å²) < 4.78 is 2.25. The molecule has 1 fully saturated rings. The van der Waals surface area contributed by atoms with E-state index in [9.17, 15) is 0 Å². The number of anilines is 1. The van der Waals surface area contributed by atoms with E-state index < -0.39 is 0 Å². The maximum absolute atomic E-state index is 4.64. The van der Waals surface area contributed by atoms with Crippen LogP contribution in [0.2, 0.25) is 0 Å². The van der Waals surface area contributed by atoms with E-state index in [1.165, 1.54) is 23.9 Å². The Morgan fingerprint density at radius 1 is 1.07 bits per heavy atom. The molecule has 3 aromatic rings. The Balaban J connectivity index is 0.000000378. The summed E-state index contributed by atoms with van der Waals surface area (Å²) in [6.45, 7) is 22.4. The number of rotatable bonds is 11. The fourth-order valence-corrected chi connectivity index (χ4v) is 5.44. The van der Waals surface area contributed by atoms with Crippen molar-refractivity contribution in [1.82, 2.24) is 24.8 Å². The standard InChI is InChI=1S/C22H34N6.C11H14.CH3Cl/c1-7-9-14(3)10-18-11-19(16(5)15(18)4)28-13-26-20-21(24-12-25-22(20)28)27-17(6)23-8-2;1-10(2)8-9-11-6-4-3-5-7-11;1-2/h12-13,15-16,18-19,23H,3,6-11H2,1-2,4-5H3,(H,24,25,27);3-10H,1-2H3;1H3/b;9-8+;. The first-order valence-electron chi connectivity index (χ1n) is 14.9. The van der Waals surface area contributed by atoms with Gasteiger partial charge < -0.3 is 15.2 Å². The molecule has 1 saturated carbocycles. The molecule has 2 aromatic heterocycles. The minimum Gasteiger partial charge on any atom is -0.372 e. The molecule has 6 nitrogen and oxygen atoms in total. The quantitative estimate of drug-likeness (QED) is 0.175. The van der Waals surface area contributed by atoms with Crippen LogP contribution >= 0.6 is 11.6 Å². The molecule has 224 valence electrons. The number of nitrogens with zero attached hydrogens (tertiary/aromatic N) is 4. The third-order valence-electron chi connectivity index (χ3n) is 7.73. The van der Waals surface area contributed by atoms with Crippen LogP contribution in [0.5, 0.6) is 0 Å². The Labute approximate surface area is 253 Å². The molecule has 1 aromatic carbocycles. The first-order valence-corrected chi connectivity index (χ1v) is 15.7. The van der Waals surface area contributed by atoms with Gasteiger partial charge in [0.2, 0.25) is 0 Å². The average molecular weight is 579 g/mol. The van der Waals surface area contributed by atoms with Gasteiger partial charge in [-0.2, -0.15) is 0 Å². The van der Waals surface area contributed by atoms with Crippen molar-refractivity contribution in [2.75, 3.05) is 18.2 Å². The second kappa shape index (κ2) is 17.6. The van der Waals surface area contributed by atoms with Gasteiger partial charge >= 0.3 is 0 Å². The van der Waals surface area contributed by atoms with E-state index in [2.05, 4.69) is 126 Å². The molecule has 0 spiro atoms. The Bertz CT molecular complexity index is 1230. The zero-order valence-electron chi connectivity index (χ0n) is 26.2. The SMILES string of the molecule is C=C(CCC)CC1CC(n2cnc3c(NC(=C)NCC)ncnc32)C(C)C1C.CC(C)/C=C/c1ccccc1.CCl. The van der Waals surface area contributed by atoms with Crippen LogP contribution < -0.4 is 10.6 Å². The van der Waals surface area contributed by atoms with Gasteiger partial charge in [0.25, 0.3) is 0 Å². The highest BCUT2D eigenvalue weighted by atomic mass is 35.5. The molecule has 2 heterocycles. The number of fused-ring (bicyclic) bond motifs is 1. The summed E-state index contributed by atoms with van der Waals surface area (Å²) in [5.74, 6) is 3.94. The van der Waals surface area contributed by atoms with Crippen molar-refractivity contribution >= 4 is 34.7 Å². The Kier molecular flexibility index (Phi) is 14.7. The fraction of sp³-hybridized carbons (Fsp3) is 0.500. The third-order valence-corrected chi connectivity index (χ3v) is 7.73. The van der Waals surface area contributed by atoms with Crippen LogP contribution in [0.25, 0.3) is 17.2 Å². The number of allylic oxidation sites excluding steroid dienone is 2. The van der Waals surface area contributed by atoms with E-state index in [1.807, 2.05) is 19.3 Å². The Morgan fingerprint density at radius 3 is 2.41 bits per heavy atom. The van der Waals surface area contributed by atoms with Gasteiger partial charge in [-0.3, -0.25) is 0 Å². The maximum Gasteiger partial charge on any atom is 0.165 e.